The van der Waals surface area contributed by atoms with Crippen LogP contribution in [0, 0.1) is 30.1 Å². The zero-order valence-electron chi connectivity index (χ0n) is 19.3. The Labute approximate surface area is 189 Å². The summed E-state index contributed by atoms with van der Waals surface area (Å²) in [5, 5.41) is 0.849. The van der Waals surface area contributed by atoms with Crippen molar-refractivity contribution >= 4 is 32.6 Å². The van der Waals surface area contributed by atoms with Crippen LogP contribution in [0.25, 0.3) is 10.2 Å². The number of methoxy groups -OCH3 is 1. The first kappa shape index (κ1) is 21.2. The van der Waals surface area contributed by atoms with Crippen molar-refractivity contribution in [3.63, 3.8) is 0 Å². The second kappa shape index (κ2) is 8.04. The van der Waals surface area contributed by atoms with Gasteiger partial charge in [-0.2, -0.15) is 0 Å². The van der Waals surface area contributed by atoms with E-state index in [1.54, 1.807) is 18.4 Å². The van der Waals surface area contributed by atoms with Crippen molar-refractivity contribution in [1.29, 1.82) is 0 Å². The van der Waals surface area contributed by atoms with Gasteiger partial charge in [0.25, 0.3) is 0 Å². The zero-order chi connectivity index (χ0) is 21.8. The molecular formula is C25H35N3O2S. The first-order valence-corrected chi connectivity index (χ1v) is 12.6. The number of fused-ring (bicyclic) bond motifs is 1. The van der Waals surface area contributed by atoms with Crippen molar-refractivity contribution in [2.45, 2.75) is 51.9 Å². The summed E-state index contributed by atoms with van der Waals surface area (Å²) >= 11 is 1.65. The third-order valence-electron chi connectivity index (χ3n) is 7.87. The van der Waals surface area contributed by atoms with Crippen LogP contribution in [0.2, 0.25) is 0 Å². The molecule has 0 atom stereocenters. The summed E-state index contributed by atoms with van der Waals surface area (Å²) < 4.78 is 6.71. The Kier molecular flexibility index (Phi) is 5.50. The molecule has 0 spiro atoms. The van der Waals surface area contributed by atoms with E-state index in [-0.39, 0.29) is 5.41 Å². The van der Waals surface area contributed by atoms with Gasteiger partial charge in [-0.05, 0) is 102 Å². The maximum Gasteiger partial charge on any atom is 0.235 e. The van der Waals surface area contributed by atoms with Crippen LogP contribution < -0.4 is 9.64 Å². The van der Waals surface area contributed by atoms with Crippen molar-refractivity contribution in [3.8, 4) is 5.75 Å². The van der Waals surface area contributed by atoms with Gasteiger partial charge in [-0.3, -0.25) is 9.69 Å². The van der Waals surface area contributed by atoms with E-state index in [0.717, 1.165) is 77.6 Å². The first-order chi connectivity index (χ1) is 14.9. The fourth-order valence-corrected chi connectivity index (χ4v) is 7.94. The molecule has 4 aliphatic carbocycles. The number of hydrogen-bond acceptors (Lipinski definition) is 5. The van der Waals surface area contributed by atoms with Crippen molar-refractivity contribution < 1.29 is 9.53 Å². The molecule has 6 heteroatoms. The van der Waals surface area contributed by atoms with Crippen molar-refractivity contribution in [3.05, 3.63) is 17.7 Å². The number of hydrogen-bond donors (Lipinski definition) is 0. The average Bonchev–Trinajstić information content (AvgIpc) is 3.16. The number of anilines is 1. The monoisotopic (exact) mass is 441 g/mol. The van der Waals surface area contributed by atoms with E-state index in [1.165, 1.54) is 24.8 Å². The zero-order valence-corrected chi connectivity index (χ0v) is 20.1. The van der Waals surface area contributed by atoms with Gasteiger partial charge in [0.15, 0.2) is 5.13 Å². The highest BCUT2D eigenvalue weighted by Gasteiger charge is 2.56. The molecule has 6 rings (SSSR count). The Morgan fingerprint density at radius 1 is 1.13 bits per heavy atom. The molecule has 31 heavy (non-hydrogen) atoms. The summed E-state index contributed by atoms with van der Waals surface area (Å²) in [7, 11) is 5.88. The average molecular weight is 442 g/mol. The van der Waals surface area contributed by atoms with E-state index in [4.69, 9.17) is 9.72 Å². The van der Waals surface area contributed by atoms with Crippen LogP contribution in [-0.2, 0) is 4.79 Å². The molecule has 0 saturated heterocycles. The van der Waals surface area contributed by atoms with Crippen molar-refractivity contribution in [1.82, 2.24) is 9.88 Å². The van der Waals surface area contributed by atoms with Crippen LogP contribution in [0.1, 0.15) is 50.5 Å². The fourth-order valence-electron chi connectivity index (χ4n) is 6.87. The standard InChI is InChI=1S/C25H35N3O2S/c1-16-6-7-20(30-4)21-22(16)31-24(26-21)28(9-5-8-27(2)3)23(29)25-13-17-10-18(14-25)12-19(11-17)15-25/h6-7,17-19H,5,8-15H2,1-4H3. The lowest BCUT2D eigenvalue weighted by Gasteiger charge is -2.56. The molecule has 1 aromatic heterocycles. The van der Waals surface area contributed by atoms with Gasteiger partial charge in [-0.1, -0.05) is 17.4 Å². The van der Waals surface area contributed by atoms with Crippen LogP contribution in [0.4, 0.5) is 5.13 Å². The van der Waals surface area contributed by atoms with Gasteiger partial charge >= 0.3 is 0 Å². The maximum atomic E-state index is 14.2. The van der Waals surface area contributed by atoms with Gasteiger partial charge in [0.05, 0.1) is 17.2 Å². The van der Waals surface area contributed by atoms with E-state index in [0.29, 0.717) is 5.91 Å². The minimum Gasteiger partial charge on any atom is -0.494 e. The normalized spacial score (nSPS) is 29.1. The Morgan fingerprint density at radius 2 is 1.77 bits per heavy atom. The van der Waals surface area contributed by atoms with E-state index >= 15 is 0 Å². The number of aromatic nitrogens is 1. The Hall–Kier alpha value is -1.66. The molecule has 1 amide bonds. The highest BCUT2D eigenvalue weighted by atomic mass is 32.1. The molecule has 5 nitrogen and oxygen atoms in total. The summed E-state index contributed by atoms with van der Waals surface area (Å²) in [5.41, 5.74) is 1.93. The number of thiazole rings is 1. The number of ether oxygens (including phenoxy) is 1. The molecule has 0 N–H and O–H groups in total. The van der Waals surface area contributed by atoms with E-state index in [2.05, 4.69) is 36.9 Å². The molecule has 0 unspecified atom stereocenters. The summed E-state index contributed by atoms with van der Waals surface area (Å²) in [6.45, 7) is 3.82. The highest BCUT2D eigenvalue weighted by Crippen LogP contribution is 2.60. The number of rotatable bonds is 7. The molecule has 2 aromatic rings. The van der Waals surface area contributed by atoms with Crippen LogP contribution in [0.15, 0.2) is 12.1 Å². The first-order valence-electron chi connectivity index (χ1n) is 11.8. The molecule has 4 bridgehead atoms. The second-order valence-electron chi connectivity index (χ2n) is 10.6. The Bertz CT molecular complexity index is 947. The molecule has 0 aliphatic heterocycles. The van der Waals surface area contributed by atoms with Crippen molar-refractivity contribution in [2.24, 2.45) is 23.2 Å². The SMILES string of the molecule is COc1ccc(C)c2sc(N(CCCN(C)C)C(=O)C34CC5CC(CC(C5)C3)C4)nc12. The summed E-state index contributed by atoms with van der Waals surface area (Å²) in [5.74, 6) is 3.42. The van der Waals surface area contributed by atoms with Gasteiger partial charge in [0.1, 0.15) is 11.3 Å². The molecule has 1 heterocycles. The largest absolute Gasteiger partial charge is 0.494 e. The van der Waals surface area contributed by atoms with Crippen LogP contribution >= 0.6 is 11.3 Å². The third kappa shape index (κ3) is 3.76. The lowest BCUT2D eigenvalue weighted by Crippen LogP contribution is -2.55. The summed E-state index contributed by atoms with van der Waals surface area (Å²) in [4.78, 5) is 23.5. The fraction of sp³-hybridized carbons (Fsp3) is 0.680. The molecule has 1 aromatic carbocycles. The molecule has 4 saturated carbocycles. The third-order valence-corrected chi connectivity index (χ3v) is 9.08. The molecule has 0 radical (unpaired) electrons. The van der Waals surface area contributed by atoms with Crippen molar-refractivity contribution in [2.75, 3.05) is 39.2 Å². The van der Waals surface area contributed by atoms with Gasteiger partial charge in [0.2, 0.25) is 5.91 Å². The van der Waals surface area contributed by atoms with Crippen LogP contribution in [0.3, 0.4) is 0 Å². The predicted octanol–water partition coefficient (Wildman–Crippen LogP) is 5.11. The van der Waals surface area contributed by atoms with Gasteiger partial charge in [0, 0.05) is 6.54 Å². The predicted molar refractivity (Wildman–Crippen MR) is 127 cm³/mol. The van der Waals surface area contributed by atoms with Gasteiger partial charge in [-0.15, -0.1) is 0 Å². The number of amides is 1. The Balaban J connectivity index is 1.51. The summed E-state index contributed by atoms with van der Waals surface area (Å²) in [6, 6.07) is 4.07. The minimum atomic E-state index is -0.149. The number of aryl methyl sites for hydroxylation is 1. The van der Waals surface area contributed by atoms with E-state index in [9.17, 15) is 4.79 Å². The van der Waals surface area contributed by atoms with Crippen LogP contribution in [-0.4, -0.2) is 50.1 Å². The molecule has 4 fully saturated rings. The lowest BCUT2D eigenvalue weighted by molar-refractivity contribution is -0.143. The smallest absolute Gasteiger partial charge is 0.235 e. The van der Waals surface area contributed by atoms with E-state index in [1.807, 2.05) is 6.07 Å². The quantitative estimate of drug-likeness (QED) is 0.599. The Morgan fingerprint density at radius 3 is 2.35 bits per heavy atom. The molecular weight excluding hydrogens is 406 g/mol. The minimum absolute atomic E-state index is 0.149. The second-order valence-corrected chi connectivity index (χ2v) is 11.5. The van der Waals surface area contributed by atoms with Gasteiger partial charge in [-0.25, -0.2) is 4.98 Å². The lowest BCUT2D eigenvalue weighted by atomic mass is 9.49. The molecule has 168 valence electrons. The number of benzene rings is 1. The summed E-state index contributed by atoms with van der Waals surface area (Å²) in [6.07, 6.45) is 8.29. The highest BCUT2D eigenvalue weighted by molar-refractivity contribution is 7.22. The van der Waals surface area contributed by atoms with Crippen LogP contribution in [0.5, 0.6) is 5.75 Å². The van der Waals surface area contributed by atoms with Gasteiger partial charge < -0.3 is 9.64 Å². The number of nitrogens with zero attached hydrogens (tertiary/aromatic N) is 3. The number of carbonyl (C=O) groups excluding carboxylic acids is 1. The van der Waals surface area contributed by atoms with E-state index < -0.39 is 0 Å². The topological polar surface area (TPSA) is 45.7 Å². The molecule has 4 aliphatic rings. The maximum absolute atomic E-state index is 14.2. The number of carbonyl (C=O) groups is 1.